The van der Waals surface area contributed by atoms with E-state index in [1.54, 1.807) is 12.1 Å². The molecule has 0 amide bonds. The van der Waals surface area contributed by atoms with Crippen LogP contribution in [-0.2, 0) is 17.5 Å². The summed E-state index contributed by atoms with van der Waals surface area (Å²) < 4.78 is 47.0. The number of alkyl halides is 3. The minimum absolute atomic E-state index is 0.0359. The number of benzene rings is 1. The molecule has 0 radical (unpaired) electrons. The van der Waals surface area contributed by atoms with Crippen LogP contribution in [0.15, 0.2) is 24.3 Å². The largest absolute Gasteiger partial charge is 0.416 e. The van der Waals surface area contributed by atoms with E-state index >= 15 is 0 Å². The first-order valence-corrected chi connectivity index (χ1v) is 14.2. The highest BCUT2D eigenvalue weighted by atomic mass is 35.5. The number of hydrogen-bond donors (Lipinski definition) is 0. The van der Waals surface area contributed by atoms with Crippen LogP contribution in [-0.4, -0.2) is 62.8 Å². The van der Waals surface area contributed by atoms with E-state index in [-0.39, 0.29) is 23.5 Å². The molecule has 4 heterocycles. The van der Waals surface area contributed by atoms with Gasteiger partial charge in [0, 0.05) is 38.3 Å². The van der Waals surface area contributed by atoms with Gasteiger partial charge in [0.1, 0.15) is 5.82 Å². The van der Waals surface area contributed by atoms with E-state index in [0.29, 0.717) is 18.7 Å². The van der Waals surface area contributed by atoms with Crippen molar-refractivity contribution in [2.75, 3.05) is 31.1 Å². The van der Waals surface area contributed by atoms with Crippen molar-refractivity contribution in [2.45, 2.75) is 84.8 Å². The fourth-order valence-electron chi connectivity index (χ4n) is 5.66. The quantitative estimate of drug-likeness (QED) is 0.310. The van der Waals surface area contributed by atoms with Crippen molar-refractivity contribution in [2.24, 2.45) is 0 Å². The third-order valence-corrected chi connectivity index (χ3v) is 7.70. The summed E-state index contributed by atoms with van der Waals surface area (Å²) in [4.78, 5) is 18.5. The number of piperazine rings is 1. The second-order valence-electron chi connectivity index (χ2n) is 9.97. The van der Waals surface area contributed by atoms with Gasteiger partial charge in [-0.3, -0.25) is 4.90 Å². The molecule has 39 heavy (non-hydrogen) atoms. The molecule has 2 saturated heterocycles. The minimum Gasteiger partial charge on any atom is -0.376 e. The highest BCUT2D eigenvalue weighted by Crippen LogP contribution is 2.34. The Bertz CT molecular complexity index is 1240. The van der Waals surface area contributed by atoms with Crippen LogP contribution >= 0.6 is 11.6 Å². The van der Waals surface area contributed by atoms with E-state index in [4.69, 9.17) is 21.3 Å². The zero-order valence-corrected chi connectivity index (χ0v) is 24.1. The van der Waals surface area contributed by atoms with Crippen LogP contribution < -0.4 is 4.90 Å². The normalized spacial score (nSPS) is 21.2. The molecule has 1 aromatic carbocycles. The molecule has 214 valence electrons. The van der Waals surface area contributed by atoms with Crippen molar-refractivity contribution in [1.82, 2.24) is 24.4 Å². The van der Waals surface area contributed by atoms with Crippen LogP contribution in [0.25, 0.3) is 11.2 Å². The molecule has 2 fully saturated rings. The molecule has 2 aliphatic heterocycles. The number of rotatable bonds is 6. The smallest absolute Gasteiger partial charge is 0.376 e. The Morgan fingerprint density at radius 3 is 2.41 bits per heavy atom. The number of aryl methyl sites for hydroxylation is 1. The molecule has 2 aromatic heterocycles. The van der Waals surface area contributed by atoms with Crippen molar-refractivity contribution in [1.29, 1.82) is 0 Å². The molecule has 0 N–H and O–H groups in total. The number of anilines is 1. The summed E-state index contributed by atoms with van der Waals surface area (Å²) in [5.74, 6) is 1.57. The van der Waals surface area contributed by atoms with Gasteiger partial charge in [-0.15, -0.1) is 0 Å². The van der Waals surface area contributed by atoms with Gasteiger partial charge >= 0.3 is 6.18 Å². The average Bonchev–Trinajstić information content (AvgIpc) is 3.54. The summed E-state index contributed by atoms with van der Waals surface area (Å²) in [5.41, 5.74) is 1.72. The predicted molar refractivity (Wildman–Crippen MR) is 148 cm³/mol. The second kappa shape index (κ2) is 12.4. The molecule has 3 atom stereocenters. The highest BCUT2D eigenvalue weighted by molar-refractivity contribution is 6.28. The third kappa shape index (κ3) is 6.33. The minimum atomic E-state index is -4.33. The molecule has 3 aromatic rings. The van der Waals surface area contributed by atoms with Crippen LogP contribution in [0.5, 0.6) is 0 Å². The average molecular weight is 567 g/mol. The van der Waals surface area contributed by atoms with Crippen molar-refractivity contribution in [3.8, 4) is 0 Å². The number of nitrogens with zero attached hydrogens (tertiary/aromatic N) is 6. The van der Waals surface area contributed by atoms with Crippen LogP contribution in [0.2, 0.25) is 5.28 Å². The Labute approximate surface area is 233 Å². The summed E-state index contributed by atoms with van der Waals surface area (Å²) in [5, 5.41) is 0.182. The van der Waals surface area contributed by atoms with E-state index < -0.39 is 11.7 Å². The van der Waals surface area contributed by atoms with Crippen molar-refractivity contribution < 1.29 is 17.9 Å². The molecule has 0 bridgehead atoms. The Morgan fingerprint density at radius 1 is 1.10 bits per heavy atom. The van der Waals surface area contributed by atoms with Crippen LogP contribution in [0, 0.1) is 6.92 Å². The third-order valence-electron chi connectivity index (χ3n) is 7.53. The standard InChI is InChI=1S/C26H32ClF3N6O.C2H6/c1-4-21(18-7-9-19(10-8-18)26(28,29)30)34-11-12-35(16(2)14-34)23-22-24(33-25(27)32-23)36(17(3)31-22)15-20-6-5-13-37-20;1-2/h7-10,16,20-21H,4-6,11-15H2,1-3H3;1-2H3. The number of hydrogen-bond acceptors (Lipinski definition) is 6. The van der Waals surface area contributed by atoms with Gasteiger partial charge in [0.15, 0.2) is 17.0 Å². The van der Waals surface area contributed by atoms with E-state index in [1.165, 1.54) is 12.1 Å². The second-order valence-corrected chi connectivity index (χ2v) is 10.3. The van der Waals surface area contributed by atoms with Crippen molar-refractivity contribution in [3.63, 3.8) is 0 Å². The zero-order valence-electron chi connectivity index (χ0n) is 23.3. The molecule has 0 spiro atoms. The van der Waals surface area contributed by atoms with Gasteiger partial charge in [-0.2, -0.15) is 23.1 Å². The van der Waals surface area contributed by atoms with Gasteiger partial charge in [-0.1, -0.05) is 32.9 Å². The fraction of sp³-hybridized carbons (Fsp3) is 0.607. The first-order valence-electron chi connectivity index (χ1n) is 13.9. The lowest BCUT2D eigenvalue weighted by Gasteiger charge is -2.43. The van der Waals surface area contributed by atoms with E-state index in [2.05, 4.69) is 38.2 Å². The SMILES string of the molecule is CC.CCC(c1ccc(C(F)(F)F)cc1)N1CCN(c2nc(Cl)nc3c2nc(C)n3CC2CCCO2)C(C)C1. The van der Waals surface area contributed by atoms with Gasteiger partial charge in [-0.05, 0) is 62.4 Å². The van der Waals surface area contributed by atoms with Crippen molar-refractivity contribution >= 4 is 28.6 Å². The van der Waals surface area contributed by atoms with Gasteiger partial charge in [0.25, 0.3) is 0 Å². The Balaban J connectivity index is 0.00000172. The zero-order chi connectivity index (χ0) is 28.3. The molecule has 5 rings (SSSR count). The van der Waals surface area contributed by atoms with Crippen LogP contribution in [0.4, 0.5) is 19.0 Å². The van der Waals surface area contributed by atoms with Gasteiger partial charge in [0.05, 0.1) is 18.2 Å². The van der Waals surface area contributed by atoms with E-state index in [9.17, 15) is 13.2 Å². The van der Waals surface area contributed by atoms with Crippen molar-refractivity contribution in [3.05, 3.63) is 46.5 Å². The molecular weight excluding hydrogens is 529 g/mol. The lowest BCUT2D eigenvalue weighted by atomic mass is 9.99. The summed E-state index contributed by atoms with van der Waals surface area (Å²) in [6, 6.07) is 5.68. The number of halogens is 4. The molecule has 3 unspecified atom stereocenters. The molecule has 2 aliphatic rings. The maximum Gasteiger partial charge on any atom is 0.416 e. The molecule has 0 aliphatic carbocycles. The summed E-state index contributed by atoms with van der Waals surface area (Å²) in [6.07, 6.45) is -1.31. The molecule has 7 nitrogen and oxygen atoms in total. The highest BCUT2D eigenvalue weighted by Gasteiger charge is 2.33. The first kappa shape index (κ1) is 29.6. The Hall–Kier alpha value is -2.43. The summed E-state index contributed by atoms with van der Waals surface area (Å²) in [6.45, 7) is 13.8. The Kier molecular flexibility index (Phi) is 9.39. The fourth-order valence-corrected chi connectivity index (χ4v) is 5.82. The molecule has 11 heteroatoms. The van der Waals surface area contributed by atoms with Crippen LogP contribution in [0.1, 0.15) is 70.0 Å². The van der Waals surface area contributed by atoms with E-state index in [0.717, 1.165) is 61.7 Å². The number of aromatic nitrogens is 4. The lowest BCUT2D eigenvalue weighted by Crippen LogP contribution is -2.53. The van der Waals surface area contributed by atoms with Gasteiger partial charge in [-0.25, -0.2) is 4.98 Å². The summed E-state index contributed by atoms with van der Waals surface area (Å²) >= 11 is 6.40. The molecule has 0 saturated carbocycles. The first-order chi connectivity index (χ1) is 18.7. The monoisotopic (exact) mass is 566 g/mol. The maximum absolute atomic E-state index is 13.0. The van der Waals surface area contributed by atoms with Gasteiger partial charge < -0.3 is 14.2 Å². The van der Waals surface area contributed by atoms with Gasteiger partial charge in [0.2, 0.25) is 5.28 Å². The maximum atomic E-state index is 13.0. The lowest BCUT2D eigenvalue weighted by molar-refractivity contribution is -0.137. The van der Waals surface area contributed by atoms with Crippen LogP contribution in [0.3, 0.4) is 0 Å². The predicted octanol–water partition coefficient (Wildman–Crippen LogP) is 6.67. The number of imidazole rings is 1. The summed E-state index contributed by atoms with van der Waals surface area (Å²) in [7, 11) is 0. The Morgan fingerprint density at radius 2 is 1.82 bits per heavy atom. The number of fused-ring (bicyclic) bond motifs is 1. The van der Waals surface area contributed by atoms with E-state index in [1.807, 2.05) is 20.8 Å². The number of ether oxygens (including phenoxy) is 1. The molecular formula is C28H38ClF3N6O. The topological polar surface area (TPSA) is 59.3 Å².